The third-order valence-electron chi connectivity index (χ3n) is 13.3. The number of pyridine rings is 1. The van der Waals surface area contributed by atoms with Crippen LogP contribution in [0.4, 0.5) is 0 Å². The molecule has 2 aliphatic rings. The van der Waals surface area contributed by atoms with Gasteiger partial charge in [-0.1, -0.05) is 143 Å². The quantitative estimate of drug-likeness (QED) is 0.176. The van der Waals surface area contributed by atoms with Gasteiger partial charge in [0.15, 0.2) is 0 Å². The molecule has 0 aliphatic heterocycles. The molecule has 3 heterocycles. The van der Waals surface area contributed by atoms with Crippen molar-refractivity contribution in [2.24, 2.45) is 0 Å². The summed E-state index contributed by atoms with van der Waals surface area (Å²) < 4.78 is 4.72. The van der Waals surface area contributed by atoms with Crippen LogP contribution in [0.1, 0.15) is 49.9 Å². The van der Waals surface area contributed by atoms with Crippen LogP contribution in [-0.4, -0.2) is 14.0 Å². The second-order valence-electron chi connectivity index (χ2n) is 17.2. The second-order valence-corrected chi connectivity index (χ2v) is 17.2. The van der Waals surface area contributed by atoms with Gasteiger partial charge in [0.25, 0.3) is 0 Å². The summed E-state index contributed by atoms with van der Waals surface area (Å²) in [6.07, 6.45) is 2.27. The summed E-state index contributed by atoms with van der Waals surface area (Å²) in [4.78, 5) is 5.16. The van der Waals surface area contributed by atoms with Crippen molar-refractivity contribution in [3.05, 3.63) is 198 Å². The van der Waals surface area contributed by atoms with Gasteiger partial charge < -0.3 is 4.57 Å². The van der Waals surface area contributed by atoms with E-state index in [0.717, 1.165) is 28.2 Å². The molecule has 3 nitrogen and oxygen atoms in total. The van der Waals surface area contributed by atoms with E-state index in [9.17, 15) is 0 Å². The maximum atomic E-state index is 5.16. The molecule has 3 heteroatoms. The molecule has 0 saturated heterocycles. The van der Waals surface area contributed by atoms with Crippen molar-refractivity contribution in [3.63, 3.8) is 0 Å². The first-order chi connectivity index (χ1) is 28.3. The van der Waals surface area contributed by atoms with E-state index < -0.39 is 0 Å². The minimum absolute atomic E-state index is 0.156. The van der Waals surface area contributed by atoms with E-state index in [2.05, 4.69) is 213 Å². The zero-order valence-electron chi connectivity index (χ0n) is 33.1. The lowest BCUT2D eigenvalue weighted by Crippen LogP contribution is -2.17. The van der Waals surface area contributed by atoms with Crippen molar-refractivity contribution in [2.45, 2.75) is 38.5 Å². The van der Waals surface area contributed by atoms with Gasteiger partial charge in [-0.25, -0.2) is 4.98 Å². The Labute approximate surface area is 338 Å². The van der Waals surface area contributed by atoms with Crippen LogP contribution in [-0.2, 0) is 10.8 Å². The van der Waals surface area contributed by atoms with E-state index in [1.165, 1.54) is 83.1 Å². The second kappa shape index (κ2) is 11.8. The number of benzene rings is 7. The van der Waals surface area contributed by atoms with Crippen LogP contribution in [0, 0.1) is 0 Å². The molecular weight excluding hydrogens is 703 g/mol. The van der Waals surface area contributed by atoms with Crippen molar-refractivity contribution < 1.29 is 0 Å². The third-order valence-corrected chi connectivity index (χ3v) is 13.3. The average Bonchev–Trinajstić information content (AvgIpc) is 3.94. The monoisotopic (exact) mass is 743 g/mol. The van der Waals surface area contributed by atoms with E-state index >= 15 is 0 Å². The van der Waals surface area contributed by atoms with Gasteiger partial charge in [-0.3, -0.25) is 4.40 Å². The Morgan fingerprint density at radius 3 is 1.57 bits per heavy atom. The van der Waals surface area contributed by atoms with Crippen molar-refractivity contribution in [1.29, 1.82) is 0 Å². The molecule has 3 aromatic heterocycles. The highest BCUT2D eigenvalue weighted by Gasteiger charge is 2.42. The number of para-hydroxylation sites is 2. The van der Waals surface area contributed by atoms with E-state index in [1.807, 2.05) is 0 Å². The Balaban J connectivity index is 0.958. The molecule has 0 atom stereocenters. The topological polar surface area (TPSA) is 22.2 Å². The van der Waals surface area contributed by atoms with Crippen molar-refractivity contribution >= 4 is 27.5 Å². The fourth-order valence-corrected chi connectivity index (χ4v) is 10.4. The van der Waals surface area contributed by atoms with Crippen LogP contribution >= 0.6 is 0 Å². The molecule has 0 bridgehead atoms. The lowest BCUT2D eigenvalue weighted by Gasteiger charge is -2.24. The number of imidazole rings is 1. The fraction of sp³-hybridized carbons (Fsp3) is 0.109. The first kappa shape index (κ1) is 33.2. The van der Waals surface area contributed by atoms with E-state index in [4.69, 9.17) is 4.98 Å². The van der Waals surface area contributed by atoms with Gasteiger partial charge in [0.1, 0.15) is 5.65 Å². The first-order valence-electron chi connectivity index (χ1n) is 20.4. The molecule has 276 valence electrons. The van der Waals surface area contributed by atoms with Gasteiger partial charge in [0.2, 0.25) is 0 Å². The maximum Gasteiger partial charge on any atom is 0.137 e. The van der Waals surface area contributed by atoms with Crippen LogP contribution in [0.3, 0.4) is 0 Å². The fourth-order valence-electron chi connectivity index (χ4n) is 10.4. The number of rotatable bonds is 4. The molecule has 0 saturated carbocycles. The van der Waals surface area contributed by atoms with Crippen LogP contribution in [0.5, 0.6) is 0 Å². The summed E-state index contributed by atoms with van der Waals surface area (Å²) in [5.41, 5.74) is 22.0. The number of aromatic nitrogens is 3. The minimum atomic E-state index is -0.166. The van der Waals surface area contributed by atoms with E-state index in [1.54, 1.807) is 0 Å². The molecular formula is C55H41N3. The molecule has 0 N–H and O–H groups in total. The lowest BCUT2D eigenvalue weighted by atomic mass is 9.79. The number of hydrogen-bond donors (Lipinski definition) is 0. The van der Waals surface area contributed by atoms with Gasteiger partial charge in [0.05, 0.1) is 22.4 Å². The van der Waals surface area contributed by atoms with Crippen LogP contribution in [0.25, 0.3) is 89.0 Å². The summed E-state index contributed by atoms with van der Waals surface area (Å²) in [7, 11) is 0. The summed E-state index contributed by atoms with van der Waals surface area (Å²) in [6, 6.07) is 62.4. The molecule has 12 rings (SSSR count). The smallest absolute Gasteiger partial charge is 0.137 e. The molecule has 0 fully saturated rings. The Morgan fingerprint density at radius 2 is 0.931 bits per heavy atom. The number of fused-ring (bicyclic) bond motifs is 10. The van der Waals surface area contributed by atoms with Crippen LogP contribution in [0.2, 0.25) is 0 Å². The minimum Gasteiger partial charge on any atom is -0.309 e. The SMILES string of the molecule is CC1(C)c2cc(-c3ccc4nc(-c5ccccc5)c(-c5ccccc5)n4c3)ccc2-c2cc3c(cc21)-c1ccc(-n2c4ccccc4c4ccccc42)cc1C3(C)C. The van der Waals surface area contributed by atoms with E-state index in [-0.39, 0.29) is 10.8 Å². The largest absolute Gasteiger partial charge is 0.309 e. The normalized spacial score (nSPS) is 14.5. The Kier molecular flexibility index (Phi) is 6.74. The molecule has 2 aliphatic carbocycles. The molecule has 58 heavy (non-hydrogen) atoms. The summed E-state index contributed by atoms with van der Waals surface area (Å²) >= 11 is 0. The molecule has 0 amide bonds. The number of hydrogen-bond acceptors (Lipinski definition) is 1. The van der Waals surface area contributed by atoms with Gasteiger partial charge in [-0.2, -0.15) is 0 Å². The highest BCUT2D eigenvalue weighted by atomic mass is 15.0. The zero-order chi connectivity index (χ0) is 38.9. The molecule has 7 aromatic carbocycles. The standard InChI is InChI=1S/C55H41N3/c1-54(2)45-29-36(37-24-28-51-56-52(34-15-7-5-8-16-34)53(57(51)33-37)35-17-9-6-10-18-35)23-26-39(45)43-31-48-44(32-47(43)54)40-27-25-38(30-46(40)55(48,3)4)58-49-21-13-11-19-41(49)42-20-12-14-22-50(42)58/h5-33H,1-4H3. The Morgan fingerprint density at radius 1 is 0.414 bits per heavy atom. The Bertz CT molecular complexity index is 3270. The van der Waals surface area contributed by atoms with Crippen LogP contribution in [0.15, 0.2) is 176 Å². The Hall–Kier alpha value is -6.97. The lowest BCUT2D eigenvalue weighted by molar-refractivity contribution is 0.652. The molecule has 10 aromatic rings. The van der Waals surface area contributed by atoms with Gasteiger partial charge in [-0.05, 0) is 110 Å². The third kappa shape index (κ3) is 4.53. The molecule has 0 radical (unpaired) electrons. The summed E-state index contributed by atoms with van der Waals surface area (Å²) in [6.45, 7) is 9.61. The summed E-state index contributed by atoms with van der Waals surface area (Å²) in [5.74, 6) is 0. The predicted molar refractivity (Wildman–Crippen MR) is 241 cm³/mol. The van der Waals surface area contributed by atoms with Gasteiger partial charge in [-0.15, -0.1) is 0 Å². The first-order valence-corrected chi connectivity index (χ1v) is 20.4. The highest BCUT2D eigenvalue weighted by Crippen LogP contribution is 2.57. The van der Waals surface area contributed by atoms with Gasteiger partial charge >= 0.3 is 0 Å². The van der Waals surface area contributed by atoms with Crippen molar-refractivity contribution in [3.8, 4) is 61.6 Å². The van der Waals surface area contributed by atoms with Crippen LogP contribution < -0.4 is 0 Å². The predicted octanol–water partition coefficient (Wildman–Crippen LogP) is 14.0. The maximum absolute atomic E-state index is 5.16. The zero-order valence-corrected chi connectivity index (χ0v) is 33.1. The number of nitrogens with zero attached hydrogens (tertiary/aromatic N) is 3. The van der Waals surface area contributed by atoms with Gasteiger partial charge in [0, 0.05) is 44.6 Å². The molecule has 0 spiro atoms. The molecule has 0 unspecified atom stereocenters. The summed E-state index contributed by atoms with van der Waals surface area (Å²) in [5, 5.41) is 2.58. The van der Waals surface area contributed by atoms with Crippen molar-refractivity contribution in [1.82, 2.24) is 14.0 Å². The van der Waals surface area contributed by atoms with E-state index in [0.29, 0.717) is 0 Å². The average molecular weight is 744 g/mol. The van der Waals surface area contributed by atoms with Crippen molar-refractivity contribution in [2.75, 3.05) is 0 Å². The highest BCUT2D eigenvalue weighted by molar-refractivity contribution is 6.09.